The van der Waals surface area contributed by atoms with E-state index in [4.69, 9.17) is 0 Å². The number of fused-ring (bicyclic) bond motifs is 1. The van der Waals surface area contributed by atoms with Crippen molar-refractivity contribution in [1.82, 2.24) is 24.1 Å². The fourth-order valence-corrected chi connectivity index (χ4v) is 5.18. The summed E-state index contributed by atoms with van der Waals surface area (Å²) in [7, 11) is -3.43. The summed E-state index contributed by atoms with van der Waals surface area (Å²) < 4.78 is 27.7. The van der Waals surface area contributed by atoms with Crippen molar-refractivity contribution in [3.63, 3.8) is 0 Å². The molecule has 0 amide bonds. The van der Waals surface area contributed by atoms with Crippen LogP contribution in [0.5, 0.6) is 0 Å². The number of H-pyrrole nitrogens is 1. The number of nitriles is 1. The molecule has 0 spiro atoms. The molecule has 0 radical (unpaired) electrons. The van der Waals surface area contributed by atoms with Gasteiger partial charge < -0.3 is 4.98 Å². The van der Waals surface area contributed by atoms with E-state index in [1.807, 2.05) is 24.5 Å². The van der Waals surface area contributed by atoms with Crippen molar-refractivity contribution >= 4 is 21.1 Å². The molecule has 3 aromatic rings. The van der Waals surface area contributed by atoms with Crippen LogP contribution < -0.4 is 0 Å². The Labute approximate surface area is 163 Å². The van der Waals surface area contributed by atoms with Crippen LogP contribution in [0, 0.1) is 11.3 Å². The van der Waals surface area contributed by atoms with Gasteiger partial charge in [-0.3, -0.25) is 4.68 Å². The molecule has 8 nitrogen and oxygen atoms in total. The molecule has 1 N–H and O–H groups in total. The Bertz CT molecular complexity index is 1170. The zero-order valence-corrected chi connectivity index (χ0v) is 16.9. The molecular weight excluding hydrogens is 376 g/mol. The van der Waals surface area contributed by atoms with Gasteiger partial charge in [-0.25, -0.2) is 13.4 Å². The number of hydrogen-bond acceptors (Lipinski definition) is 5. The fourth-order valence-electron chi connectivity index (χ4n) is 3.59. The number of nitrogens with zero attached hydrogens (tertiary/aromatic N) is 5. The Hall–Kier alpha value is -2.70. The van der Waals surface area contributed by atoms with Crippen molar-refractivity contribution in [2.75, 3.05) is 13.1 Å². The minimum atomic E-state index is -3.43. The van der Waals surface area contributed by atoms with E-state index < -0.39 is 20.3 Å². The van der Waals surface area contributed by atoms with Crippen molar-refractivity contribution in [2.45, 2.75) is 37.5 Å². The van der Waals surface area contributed by atoms with Gasteiger partial charge in [0.25, 0.3) is 0 Å². The average molecular weight is 398 g/mol. The summed E-state index contributed by atoms with van der Waals surface area (Å²) in [5.41, 5.74) is 2.04. The summed E-state index contributed by atoms with van der Waals surface area (Å²) in [6.07, 6.45) is 7.41. The SMILES string of the molecule is CC(C)(C)S(=O)(=O)N1CC(CC#N)(n2cc(-c3ccnc4[nH]ccc34)cn2)C1. The van der Waals surface area contributed by atoms with Gasteiger partial charge in [0.15, 0.2) is 0 Å². The lowest BCUT2D eigenvalue weighted by molar-refractivity contribution is 0.0699. The molecule has 0 aromatic carbocycles. The topological polar surface area (TPSA) is 108 Å². The summed E-state index contributed by atoms with van der Waals surface area (Å²) in [5.74, 6) is 0. The van der Waals surface area contributed by atoms with Crippen molar-refractivity contribution in [2.24, 2.45) is 0 Å². The van der Waals surface area contributed by atoms with Crippen LogP contribution in [0.4, 0.5) is 0 Å². The van der Waals surface area contributed by atoms with Gasteiger partial charge in [0.2, 0.25) is 10.0 Å². The molecule has 3 aromatic heterocycles. The molecule has 28 heavy (non-hydrogen) atoms. The van der Waals surface area contributed by atoms with Crippen molar-refractivity contribution in [1.29, 1.82) is 5.26 Å². The number of sulfonamides is 1. The van der Waals surface area contributed by atoms with E-state index in [1.54, 1.807) is 37.8 Å². The molecule has 0 saturated carbocycles. The monoisotopic (exact) mass is 398 g/mol. The summed E-state index contributed by atoms with van der Waals surface area (Å²) in [5, 5.41) is 14.8. The minimum Gasteiger partial charge on any atom is -0.346 e. The van der Waals surface area contributed by atoms with Crippen LogP contribution in [0.2, 0.25) is 0 Å². The Balaban J connectivity index is 1.67. The van der Waals surface area contributed by atoms with Gasteiger partial charge >= 0.3 is 0 Å². The maximum atomic E-state index is 12.7. The molecule has 1 aliphatic heterocycles. The lowest BCUT2D eigenvalue weighted by atomic mass is 9.89. The maximum absolute atomic E-state index is 12.7. The van der Waals surface area contributed by atoms with Gasteiger partial charge in [0.05, 0.1) is 23.4 Å². The Morgan fingerprint density at radius 1 is 1.32 bits per heavy atom. The number of aromatic nitrogens is 4. The fraction of sp³-hybridized carbons (Fsp3) is 0.421. The molecule has 1 aliphatic rings. The van der Waals surface area contributed by atoms with Crippen LogP contribution in [-0.2, 0) is 15.6 Å². The van der Waals surface area contributed by atoms with Gasteiger partial charge in [-0.05, 0) is 38.5 Å². The van der Waals surface area contributed by atoms with Crippen LogP contribution in [0.15, 0.2) is 36.9 Å². The van der Waals surface area contributed by atoms with E-state index in [2.05, 4.69) is 21.1 Å². The largest absolute Gasteiger partial charge is 0.346 e. The molecule has 1 saturated heterocycles. The van der Waals surface area contributed by atoms with Crippen molar-refractivity contribution in [3.8, 4) is 17.2 Å². The summed E-state index contributed by atoms with van der Waals surface area (Å²) in [6.45, 7) is 5.55. The summed E-state index contributed by atoms with van der Waals surface area (Å²) in [4.78, 5) is 7.39. The Morgan fingerprint density at radius 3 is 2.75 bits per heavy atom. The molecule has 0 bridgehead atoms. The van der Waals surface area contributed by atoms with Crippen LogP contribution >= 0.6 is 0 Å². The molecule has 9 heteroatoms. The van der Waals surface area contributed by atoms with Crippen molar-refractivity contribution < 1.29 is 8.42 Å². The zero-order valence-electron chi connectivity index (χ0n) is 16.0. The smallest absolute Gasteiger partial charge is 0.219 e. The standard InChI is InChI=1S/C19H22N6O2S/c1-18(2,3)28(26,27)24-12-19(13-24,6-7-20)25-11-14(10-23-25)15-4-8-21-17-16(15)5-9-22-17/h4-5,8-11H,6,12-13H2,1-3H3,(H,21,22). The van der Waals surface area contributed by atoms with Crippen LogP contribution in [0.3, 0.4) is 0 Å². The maximum Gasteiger partial charge on any atom is 0.219 e. The van der Waals surface area contributed by atoms with Gasteiger partial charge in [-0.2, -0.15) is 14.7 Å². The van der Waals surface area contributed by atoms with Gasteiger partial charge in [0, 0.05) is 42.6 Å². The summed E-state index contributed by atoms with van der Waals surface area (Å²) >= 11 is 0. The predicted octanol–water partition coefficient (Wildman–Crippen LogP) is 2.48. The third kappa shape index (κ3) is 2.72. The number of pyridine rings is 1. The molecule has 1 fully saturated rings. The highest BCUT2D eigenvalue weighted by molar-refractivity contribution is 7.90. The highest BCUT2D eigenvalue weighted by atomic mass is 32.2. The van der Waals surface area contributed by atoms with Crippen LogP contribution in [-0.4, -0.2) is 50.3 Å². The molecule has 0 atom stereocenters. The van der Waals surface area contributed by atoms with E-state index in [1.165, 1.54) is 4.31 Å². The van der Waals surface area contributed by atoms with Crippen LogP contribution in [0.25, 0.3) is 22.2 Å². The lowest BCUT2D eigenvalue weighted by Gasteiger charge is -2.49. The third-order valence-corrected chi connectivity index (χ3v) is 7.79. The lowest BCUT2D eigenvalue weighted by Crippen LogP contribution is -2.66. The first-order chi connectivity index (χ1) is 13.2. The molecule has 146 valence electrons. The highest BCUT2D eigenvalue weighted by Gasteiger charge is 2.52. The van der Waals surface area contributed by atoms with Crippen molar-refractivity contribution in [3.05, 3.63) is 36.9 Å². The molecule has 4 rings (SSSR count). The number of nitrogens with one attached hydrogen (secondary N) is 1. The quantitative estimate of drug-likeness (QED) is 0.726. The minimum absolute atomic E-state index is 0.195. The van der Waals surface area contributed by atoms with Gasteiger partial charge in [-0.1, -0.05) is 0 Å². The second-order valence-electron chi connectivity index (χ2n) is 8.22. The van der Waals surface area contributed by atoms with E-state index in [9.17, 15) is 13.7 Å². The zero-order chi connectivity index (χ0) is 20.2. The Morgan fingerprint density at radius 2 is 2.07 bits per heavy atom. The number of hydrogen-bond donors (Lipinski definition) is 1. The summed E-state index contributed by atoms with van der Waals surface area (Å²) in [6, 6.07) is 6.08. The average Bonchev–Trinajstić information content (AvgIpc) is 3.25. The van der Waals surface area contributed by atoms with E-state index in [0.717, 1.165) is 22.2 Å². The third-order valence-electron chi connectivity index (χ3n) is 5.30. The van der Waals surface area contributed by atoms with E-state index in [0.29, 0.717) is 0 Å². The molecule has 0 aliphatic carbocycles. The number of aromatic amines is 1. The van der Waals surface area contributed by atoms with E-state index in [-0.39, 0.29) is 19.5 Å². The second kappa shape index (κ2) is 6.15. The van der Waals surface area contributed by atoms with Crippen LogP contribution in [0.1, 0.15) is 27.2 Å². The Kier molecular flexibility index (Phi) is 4.10. The number of rotatable bonds is 4. The molecule has 4 heterocycles. The first-order valence-electron chi connectivity index (χ1n) is 9.02. The van der Waals surface area contributed by atoms with Gasteiger partial charge in [0.1, 0.15) is 11.2 Å². The normalized spacial score (nSPS) is 17.4. The first-order valence-corrected chi connectivity index (χ1v) is 10.5. The second-order valence-corrected chi connectivity index (χ2v) is 10.9. The molecular formula is C19H22N6O2S. The highest BCUT2D eigenvalue weighted by Crippen LogP contribution is 2.38. The van der Waals surface area contributed by atoms with E-state index >= 15 is 0 Å². The first kappa shape index (κ1) is 18.7. The predicted molar refractivity (Wildman–Crippen MR) is 106 cm³/mol. The van der Waals surface area contributed by atoms with Gasteiger partial charge in [-0.15, -0.1) is 0 Å². The molecule has 0 unspecified atom stereocenters.